The van der Waals surface area contributed by atoms with Crippen LogP contribution in [0.5, 0.6) is 0 Å². The first kappa shape index (κ1) is 9.49. The third kappa shape index (κ3) is 1.13. The van der Waals surface area contributed by atoms with Gasteiger partial charge in [-0.2, -0.15) is 8.78 Å². The van der Waals surface area contributed by atoms with E-state index < -0.39 is 23.4 Å². The molecule has 14 heavy (non-hydrogen) atoms. The molecule has 76 valence electrons. The van der Waals surface area contributed by atoms with E-state index in [9.17, 15) is 18.4 Å². The van der Waals surface area contributed by atoms with Crippen LogP contribution < -0.4 is 0 Å². The molecule has 0 N–H and O–H groups in total. The molecule has 2 rings (SSSR count). The second-order valence-corrected chi connectivity index (χ2v) is 3.76. The number of carbonyl (C=O) groups excluding carboxylic acids is 2. The third-order valence-corrected chi connectivity index (χ3v) is 2.86. The van der Waals surface area contributed by atoms with Gasteiger partial charge in [0.25, 0.3) is 0 Å². The molecule has 2 aliphatic carbocycles. The molecule has 0 aromatic carbocycles. The van der Waals surface area contributed by atoms with Gasteiger partial charge in [0.2, 0.25) is 11.6 Å². The van der Waals surface area contributed by atoms with Gasteiger partial charge in [-0.1, -0.05) is 12.5 Å². The molecule has 0 radical (unpaired) electrons. The van der Waals surface area contributed by atoms with Crippen molar-refractivity contribution in [1.29, 1.82) is 0 Å². The predicted octanol–water partition coefficient (Wildman–Crippen LogP) is 1.89. The van der Waals surface area contributed by atoms with Gasteiger partial charge < -0.3 is 0 Å². The van der Waals surface area contributed by atoms with Crippen LogP contribution in [-0.4, -0.2) is 17.5 Å². The molecule has 0 spiro atoms. The Morgan fingerprint density at radius 1 is 1.29 bits per heavy atom. The quantitative estimate of drug-likeness (QED) is 0.559. The number of ketones is 2. The van der Waals surface area contributed by atoms with Crippen molar-refractivity contribution >= 4 is 11.6 Å². The van der Waals surface area contributed by atoms with E-state index >= 15 is 0 Å². The van der Waals surface area contributed by atoms with Crippen molar-refractivity contribution in [3.05, 3.63) is 11.6 Å². The molecular weight excluding hydrogens is 190 g/mol. The molecule has 2 nitrogen and oxygen atoms in total. The Bertz CT molecular complexity index is 331. The fourth-order valence-electron chi connectivity index (χ4n) is 2.08. The van der Waals surface area contributed by atoms with Crippen molar-refractivity contribution in [1.82, 2.24) is 0 Å². The largest absolute Gasteiger partial charge is 0.367 e. The van der Waals surface area contributed by atoms with E-state index in [1.807, 2.05) is 0 Å². The lowest BCUT2D eigenvalue weighted by Gasteiger charge is -2.05. The zero-order chi connectivity index (χ0) is 10.3. The number of hydrogen-bond donors (Lipinski definition) is 0. The Hall–Kier alpha value is -1.06. The molecule has 0 amide bonds. The summed E-state index contributed by atoms with van der Waals surface area (Å²) in [5, 5.41) is 0. The molecule has 0 aliphatic heterocycles. The predicted molar refractivity (Wildman–Crippen MR) is 45.0 cm³/mol. The van der Waals surface area contributed by atoms with E-state index in [1.165, 1.54) is 6.08 Å². The number of allylic oxidation sites excluding steroid dienone is 2. The van der Waals surface area contributed by atoms with Crippen LogP contribution in [0, 0.1) is 5.92 Å². The number of alkyl halides is 2. The topological polar surface area (TPSA) is 34.1 Å². The van der Waals surface area contributed by atoms with E-state index in [1.54, 1.807) is 0 Å². The second-order valence-electron chi connectivity index (χ2n) is 3.76. The van der Waals surface area contributed by atoms with Crippen molar-refractivity contribution in [2.45, 2.75) is 31.6 Å². The smallest absolute Gasteiger partial charge is 0.292 e. The van der Waals surface area contributed by atoms with Crippen LogP contribution in [0.4, 0.5) is 8.78 Å². The van der Waals surface area contributed by atoms with Crippen LogP contribution in [0.2, 0.25) is 0 Å². The molecule has 0 saturated heterocycles. The molecule has 0 aromatic rings. The number of fused-ring (bicyclic) bond motifs is 1. The SMILES string of the molecule is O=C1C2=CCCCCC2C(=O)C1(F)F. The van der Waals surface area contributed by atoms with Crippen LogP contribution in [0.25, 0.3) is 0 Å². The number of hydrogen-bond acceptors (Lipinski definition) is 2. The van der Waals surface area contributed by atoms with Crippen LogP contribution >= 0.6 is 0 Å². The minimum absolute atomic E-state index is 0.0532. The Balaban J connectivity index is 2.43. The maximum Gasteiger partial charge on any atom is 0.367 e. The Morgan fingerprint density at radius 3 is 2.71 bits per heavy atom. The first-order valence-electron chi connectivity index (χ1n) is 4.72. The van der Waals surface area contributed by atoms with Crippen LogP contribution in [0.1, 0.15) is 25.7 Å². The van der Waals surface area contributed by atoms with E-state index in [-0.39, 0.29) is 5.57 Å². The summed E-state index contributed by atoms with van der Waals surface area (Å²) in [5.74, 6) is -7.06. The van der Waals surface area contributed by atoms with Crippen LogP contribution in [-0.2, 0) is 9.59 Å². The fourth-order valence-corrected chi connectivity index (χ4v) is 2.08. The van der Waals surface area contributed by atoms with Crippen molar-refractivity contribution in [2.75, 3.05) is 0 Å². The van der Waals surface area contributed by atoms with Crippen molar-refractivity contribution < 1.29 is 18.4 Å². The average Bonchev–Trinajstić information content (AvgIpc) is 2.40. The van der Waals surface area contributed by atoms with Gasteiger partial charge in [-0.05, 0) is 19.3 Å². The first-order chi connectivity index (χ1) is 6.55. The lowest BCUT2D eigenvalue weighted by atomic mass is 9.98. The number of halogens is 2. The molecule has 2 aliphatic rings. The van der Waals surface area contributed by atoms with Crippen LogP contribution in [0.3, 0.4) is 0 Å². The average molecular weight is 200 g/mol. The van der Waals surface area contributed by atoms with Gasteiger partial charge in [-0.25, -0.2) is 0 Å². The molecule has 0 aromatic heterocycles. The van der Waals surface area contributed by atoms with Crippen molar-refractivity contribution in [2.24, 2.45) is 5.92 Å². The molecule has 1 unspecified atom stereocenters. The number of carbonyl (C=O) groups is 2. The van der Waals surface area contributed by atoms with Gasteiger partial charge in [0, 0.05) is 5.57 Å². The summed E-state index contributed by atoms with van der Waals surface area (Å²) in [4.78, 5) is 22.4. The highest BCUT2D eigenvalue weighted by Gasteiger charge is 2.59. The van der Waals surface area contributed by atoms with E-state index in [2.05, 4.69) is 0 Å². The second kappa shape index (κ2) is 2.97. The highest BCUT2D eigenvalue weighted by molar-refractivity contribution is 6.25. The highest BCUT2D eigenvalue weighted by Crippen LogP contribution is 2.40. The Morgan fingerprint density at radius 2 is 2.00 bits per heavy atom. The van der Waals surface area contributed by atoms with Gasteiger partial charge in [-0.3, -0.25) is 9.59 Å². The summed E-state index contributed by atoms with van der Waals surface area (Å²) in [6.07, 6.45) is 4.14. The standard InChI is InChI=1S/C10H10F2O2/c11-10(12)8(13)6-4-2-1-3-5-7(6)9(10)14/h4,7H,1-3,5H2. The minimum Gasteiger partial charge on any atom is -0.292 e. The summed E-state index contributed by atoms with van der Waals surface area (Å²) < 4.78 is 26.1. The van der Waals surface area contributed by atoms with Crippen molar-refractivity contribution in [3.8, 4) is 0 Å². The molecule has 0 heterocycles. The van der Waals surface area contributed by atoms with E-state index in [4.69, 9.17) is 0 Å². The summed E-state index contributed by atoms with van der Waals surface area (Å²) >= 11 is 0. The number of rotatable bonds is 0. The zero-order valence-electron chi connectivity index (χ0n) is 7.56. The third-order valence-electron chi connectivity index (χ3n) is 2.86. The lowest BCUT2D eigenvalue weighted by Crippen LogP contribution is -2.31. The summed E-state index contributed by atoms with van der Waals surface area (Å²) in [6.45, 7) is 0. The zero-order valence-corrected chi connectivity index (χ0v) is 7.56. The normalized spacial score (nSPS) is 31.0. The van der Waals surface area contributed by atoms with Gasteiger partial charge in [0.15, 0.2) is 0 Å². The number of Topliss-reactive ketones (excluding diaryl/α,β-unsaturated/α-hetero) is 2. The Labute approximate surface area is 80.0 Å². The van der Waals surface area contributed by atoms with E-state index in [0.717, 1.165) is 12.8 Å². The molecule has 1 saturated carbocycles. The summed E-state index contributed by atoms with van der Waals surface area (Å²) in [7, 11) is 0. The fraction of sp³-hybridized carbons (Fsp3) is 0.600. The molecule has 1 fully saturated rings. The summed E-state index contributed by atoms with van der Waals surface area (Å²) in [5.41, 5.74) is 0.0532. The van der Waals surface area contributed by atoms with Gasteiger partial charge in [0.1, 0.15) is 0 Å². The van der Waals surface area contributed by atoms with Gasteiger partial charge in [-0.15, -0.1) is 0 Å². The van der Waals surface area contributed by atoms with Gasteiger partial charge in [0.05, 0.1) is 5.92 Å². The summed E-state index contributed by atoms with van der Waals surface area (Å²) in [6, 6.07) is 0. The Kier molecular flexibility index (Phi) is 2.01. The maximum absolute atomic E-state index is 13.0. The monoisotopic (exact) mass is 200 g/mol. The first-order valence-corrected chi connectivity index (χ1v) is 4.72. The molecule has 4 heteroatoms. The van der Waals surface area contributed by atoms with Gasteiger partial charge >= 0.3 is 5.92 Å². The van der Waals surface area contributed by atoms with E-state index in [0.29, 0.717) is 12.8 Å². The van der Waals surface area contributed by atoms with Crippen LogP contribution in [0.15, 0.2) is 11.6 Å². The lowest BCUT2D eigenvalue weighted by molar-refractivity contribution is -0.150. The molecule has 0 bridgehead atoms. The maximum atomic E-state index is 13.0. The van der Waals surface area contributed by atoms with Crippen molar-refractivity contribution in [3.63, 3.8) is 0 Å². The molecular formula is C10H10F2O2. The highest BCUT2D eigenvalue weighted by atomic mass is 19.3. The minimum atomic E-state index is -3.76. The molecule has 1 atom stereocenters.